The van der Waals surface area contributed by atoms with Crippen LogP contribution in [-0.4, -0.2) is 78.5 Å². The van der Waals surface area contributed by atoms with E-state index in [-0.39, 0.29) is 23.6 Å². The number of likely N-dealkylation sites (tertiary alicyclic amines) is 1. The summed E-state index contributed by atoms with van der Waals surface area (Å²) in [6.45, 7) is 5.57. The number of carboxylic acid groups (broad SMARTS) is 2. The molecule has 2 aliphatic heterocycles. The molecule has 35 heavy (non-hydrogen) atoms. The molecule has 0 saturated carbocycles. The van der Waals surface area contributed by atoms with Crippen LogP contribution in [0.1, 0.15) is 45.1 Å². The highest BCUT2D eigenvalue weighted by Crippen LogP contribution is 2.23. The van der Waals surface area contributed by atoms with Gasteiger partial charge in [-0.2, -0.15) is 0 Å². The van der Waals surface area contributed by atoms with E-state index in [0.717, 1.165) is 65.8 Å². The smallest absolute Gasteiger partial charge is 0.300 e. The average molecular weight is 500 g/mol. The molecular weight excluding hydrogens is 461 g/mol. The predicted molar refractivity (Wildman–Crippen MR) is 128 cm³/mol. The van der Waals surface area contributed by atoms with Crippen molar-refractivity contribution >= 4 is 17.8 Å². The van der Waals surface area contributed by atoms with E-state index in [0.29, 0.717) is 18.2 Å². The number of nitrogens with zero attached hydrogens (tertiary/aromatic N) is 1. The number of carbonyl (C=O) groups is 3. The van der Waals surface area contributed by atoms with Gasteiger partial charge in [-0.3, -0.25) is 19.3 Å². The summed E-state index contributed by atoms with van der Waals surface area (Å²) in [5.74, 6) is -1.97. The lowest BCUT2D eigenvalue weighted by Crippen LogP contribution is -2.47. The van der Waals surface area contributed by atoms with Gasteiger partial charge in [-0.1, -0.05) is 6.07 Å². The number of nitrogens with one attached hydrogen (secondary N) is 1. The summed E-state index contributed by atoms with van der Waals surface area (Å²) in [5, 5.41) is 17.8. The number of amides is 1. The first kappa shape index (κ1) is 30.3. The Bertz CT molecular complexity index is 798. The number of halogens is 1. The highest BCUT2D eigenvalue weighted by Gasteiger charge is 2.31. The molecule has 0 unspecified atom stereocenters. The van der Waals surface area contributed by atoms with Crippen molar-refractivity contribution in [2.24, 2.45) is 11.7 Å². The van der Waals surface area contributed by atoms with Crippen LogP contribution in [0.15, 0.2) is 18.2 Å². The Kier molecular flexibility index (Phi) is 13.8. The van der Waals surface area contributed by atoms with Gasteiger partial charge in [0.25, 0.3) is 11.9 Å². The number of hydrogen-bond donors (Lipinski definition) is 4. The molecule has 0 radical (unpaired) electrons. The van der Waals surface area contributed by atoms with E-state index in [4.69, 9.17) is 35.0 Å². The number of rotatable bonds is 5. The van der Waals surface area contributed by atoms with Gasteiger partial charge in [0.1, 0.15) is 0 Å². The van der Waals surface area contributed by atoms with Gasteiger partial charge in [0.15, 0.2) is 11.6 Å². The van der Waals surface area contributed by atoms with Crippen LogP contribution in [0.25, 0.3) is 0 Å². The summed E-state index contributed by atoms with van der Waals surface area (Å²) in [7, 11) is 1.43. The monoisotopic (exact) mass is 499 g/mol. The Balaban J connectivity index is 0.000000668. The van der Waals surface area contributed by atoms with Gasteiger partial charge in [0, 0.05) is 58.8 Å². The standard InChI is InChI=1S/C20H30FN3O3.2C2H4O2/c1-26-19-5-2-14(10-18(19)21)11-23-20(25)15-3-4-16(22)13-24(12-15)17-6-8-27-9-7-17;2*1-2(3)4/h2,5,10,15-17H,3-4,6-9,11-13,22H2,1H3,(H,23,25);2*1H3,(H,3,4)/t15-,16+;;/m1../s1. The summed E-state index contributed by atoms with van der Waals surface area (Å²) >= 11 is 0. The van der Waals surface area contributed by atoms with Crippen LogP contribution < -0.4 is 15.8 Å². The Hall–Kier alpha value is -2.76. The van der Waals surface area contributed by atoms with Crippen LogP contribution in [0, 0.1) is 11.7 Å². The molecule has 5 N–H and O–H groups in total. The molecule has 2 aliphatic rings. The number of carboxylic acids is 2. The SMILES string of the molecule is CC(=O)O.CC(=O)O.COc1ccc(CNC(=O)[C@@H]2CC[C@H](N)CN(C3CCOCC3)C2)cc1F. The minimum atomic E-state index is -0.833. The van der Waals surface area contributed by atoms with E-state index >= 15 is 0 Å². The molecule has 0 aromatic heterocycles. The topological polar surface area (TPSA) is 151 Å². The molecule has 2 fully saturated rings. The van der Waals surface area contributed by atoms with E-state index in [2.05, 4.69) is 10.2 Å². The maximum absolute atomic E-state index is 13.8. The first-order chi connectivity index (χ1) is 16.5. The number of carbonyl (C=O) groups excluding carboxylic acids is 1. The van der Waals surface area contributed by atoms with Crippen molar-refractivity contribution in [3.8, 4) is 5.75 Å². The Labute approximate surface area is 205 Å². The van der Waals surface area contributed by atoms with Crippen LogP contribution in [0.5, 0.6) is 5.75 Å². The molecule has 2 saturated heterocycles. The number of hydrogen-bond acceptors (Lipinski definition) is 7. The van der Waals surface area contributed by atoms with E-state index < -0.39 is 17.8 Å². The first-order valence-electron chi connectivity index (χ1n) is 11.6. The lowest BCUT2D eigenvalue weighted by atomic mass is 10.00. The van der Waals surface area contributed by atoms with Crippen LogP contribution in [0.2, 0.25) is 0 Å². The molecule has 11 heteroatoms. The van der Waals surface area contributed by atoms with Crippen molar-refractivity contribution in [1.82, 2.24) is 10.2 Å². The minimum Gasteiger partial charge on any atom is -0.494 e. The number of benzene rings is 1. The third-order valence-corrected chi connectivity index (χ3v) is 5.57. The van der Waals surface area contributed by atoms with E-state index in [1.165, 1.54) is 13.2 Å². The number of methoxy groups -OCH3 is 1. The fourth-order valence-electron chi connectivity index (χ4n) is 3.97. The Morgan fingerprint density at radius 2 is 1.71 bits per heavy atom. The average Bonchev–Trinajstić information content (AvgIpc) is 2.99. The molecule has 1 aromatic carbocycles. The first-order valence-corrected chi connectivity index (χ1v) is 11.6. The third kappa shape index (κ3) is 12.5. The van der Waals surface area contributed by atoms with Crippen LogP contribution in [0.3, 0.4) is 0 Å². The lowest BCUT2D eigenvalue weighted by Gasteiger charge is -2.35. The number of nitrogens with two attached hydrogens (primary N) is 1. The van der Waals surface area contributed by atoms with Crippen LogP contribution >= 0.6 is 0 Å². The molecule has 3 rings (SSSR count). The molecule has 2 heterocycles. The second-order valence-corrected chi connectivity index (χ2v) is 8.56. The van der Waals surface area contributed by atoms with Gasteiger partial charge in [-0.05, 0) is 43.4 Å². The number of aliphatic carboxylic acids is 2. The minimum absolute atomic E-state index is 0.0115. The zero-order chi connectivity index (χ0) is 26.4. The van der Waals surface area contributed by atoms with Gasteiger partial charge in [-0.15, -0.1) is 0 Å². The van der Waals surface area contributed by atoms with Crippen LogP contribution in [-0.2, 0) is 25.7 Å². The fourth-order valence-corrected chi connectivity index (χ4v) is 3.97. The largest absolute Gasteiger partial charge is 0.494 e. The third-order valence-electron chi connectivity index (χ3n) is 5.57. The van der Waals surface area contributed by atoms with E-state index in [1.807, 2.05) is 0 Å². The maximum atomic E-state index is 13.8. The summed E-state index contributed by atoms with van der Waals surface area (Å²) < 4.78 is 24.2. The Morgan fingerprint density at radius 3 is 2.26 bits per heavy atom. The molecule has 0 aliphatic carbocycles. The van der Waals surface area contributed by atoms with Gasteiger partial charge >= 0.3 is 0 Å². The maximum Gasteiger partial charge on any atom is 0.300 e. The van der Waals surface area contributed by atoms with Crippen molar-refractivity contribution in [2.75, 3.05) is 33.4 Å². The van der Waals surface area contributed by atoms with Crippen LogP contribution in [0.4, 0.5) is 4.39 Å². The van der Waals surface area contributed by atoms with Gasteiger partial charge < -0.3 is 30.7 Å². The molecule has 1 aromatic rings. The van der Waals surface area contributed by atoms with Gasteiger partial charge in [0.2, 0.25) is 5.91 Å². The molecular formula is C24H38FN3O7. The van der Waals surface area contributed by atoms with Gasteiger partial charge in [0.05, 0.1) is 13.0 Å². The second kappa shape index (κ2) is 16.0. The molecule has 0 spiro atoms. The predicted octanol–water partition coefficient (Wildman–Crippen LogP) is 1.85. The summed E-state index contributed by atoms with van der Waals surface area (Å²) in [6, 6.07) is 5.28. The summed E-state index contributed by atoms with van der Waals surface area (Å²) in [5.41, 5.74) is 6.96. The van der Waals surface area contributed by atoms with Crippen molar-refractivity contribution in [2.45, 2.75) is 58.2 Å². The molecule has 0 bridgehead atoms. The van der Waals surface area contributed by atoms with Crippen molar-refractivity contribution < 1.29 is 38.5 Å². The van der Waals surface area contributed by atoms with Crippen molar-refractivity contribution in [1.29, 1.82) is 0 Å². The number of ether oxygens (including phenoxy) is 2. The normalized spacial score (nSPS) is 20.7. The Morgan fingerprint density at radius 1 is 1.11 bits per heavy atom. The molecule has 1 amide bonds. The quantitative estimate of drug-likeness (QED) is 0.476. The lowest BCUT2D eigenvalue weighted by molar-refractivity contribution is -0.135. The molecule has 10 nitrogen and oxygen atoms in total. The van der Waals surface area contributed by atoms with Crippen molar-refractivity contribution in [3.63, 3.8) is 0 Å². The van der Waals surface area contributed by atoms with Crippen molar-refractivity contribution in [3.05, 3.63) is 29.6 Å². The van der Waals surface area contributed by atoms with Gasteiger partial charge in [-0.25, -0.2) is 4.39 Å². The molecule has 2 atom stereocenters. The highest BCUT2D eigenvalue weighted by atomic mass is 19.1. The highest BCUT2D eigenvalue weighted by molar-refractivity contribution is 5.78. The zero-order valence-corrected chi connectivity index (χ0v) is 20.7. The van der Waals surface area contributed by atoms with E-state index in [1.54, 1.807) is 12.1 Å². The summed E-state index contributed by atoms with van der Waals surface area (Å²) in [4.78, 5) is 33.1. The fraction of sp³-hybridized carbons (Fsp3) is 0.625. The zero-order valence-electron chi connectivity index (χ0n) is 20.7. The molecule has 198 valence electrons. The summed E-state index contributed by atoms with van der Waals surface area (Å²) in [6.07, 6.45) is 3.61. The second-order valence-electron chi connectivity index (χ2n) is 8.56. The van der Waals surface area contributed by atoms with E-state index in [9.17, 15) is 9.18 Å².